The number of sulfone groups is 1. The molecule has 8 rings (SSSR count). The van der Waals surface area contributed by atoms with Gasteiger partial charge in [-0.15, -0.1) is 0 Å². The molecule has 0 bridgehead atoms. The van der Waals surface area contributed by atoms with Crippen molar-refractivity contribution in [3.63, 3.8) is 0 Å². The second-order valence-corrected chi connectivity index (χ2v) is 16.2. The fraction of sp³-hybridized carbons (Fsp3) is 0.209. The normalized spacial score (nSPS) is 20.2. The summed E-state index contributed by atoms with van der Waals surface area (Å²) in [5, 5.41) is 0. The van der Waals surface area contributed by atoms with Crippen molar-refractivity contribution in [1.82, 2.24) is 0 Å². The Bertz CT molecular complexity index is 2150. The van der Waals surface area contributed by atoms with Crippen molar-refractivity contribution >= 4 is 38.3 Å². The number of fused-ring (bicyclic) bond motifs is 4. The van der Waals surface area contributed by atoms with Gasteiger partial charge >= 0.3 is 0 Å². The number of anilines is 5. The van der Waals surface area contributed by atoms with Gasteiger partial charge in [0.2, 0.25) is 9.84 Å². The molecule has 2 unspecified atom stereocenters. The summed E-state index contributed by atoms with van der Waals surface area (Å²) in [6.07, 6.45) is 5.80. The van der Waals surface area contributed by atoms with Crippen LogP contribution in [0, 0.1) is 5.92 Å². The van der Waals surface area contributed by atoms with E-state index in [0.29, 0.717) is 9.80 Å². The third kappa shape index (κ3) is 4.44. The average Bonchev–Trinajstić information content (AvgIpc) is 3.09. The van der Waals surface area contributed by atoms with Crippen LogP contribution in [0.3, 0.4) is 0 Å². The lowest BCUT2D eigenvalue weighted by atomic mass is 9.73. The first kappa shape index (κ1) is 30.5. The molecule has 48 heavy (non-hydrogen) atoms. The summed E-state index contributed by atoms with van der Waals surface area (Å²) in [7, 11) is -3.74. The maximum atomic E-state index is 14.1. The van der Waals surface area contributed by atoms with Crippen molar-refractivity contribution in [2.24, 2.45) is 5.92 Å². The number of benzene rings is 5. The summed E-state index contributed by atoms with van der Waals surface area (Å²) in [6.45, 7) is 11.2. The first-order chi connectivity index (χ1) is 23.0. The van der Waals surface area contributed by atoms with Crippen molar-refractivity contribution in [2.75, 3.05) is 9.80 Å². The zero-order valence-corrected chi connectivity index (χ0v) is 28.9. The highest BCUT2D eigenvalue weighted by molar-refractivity contribution is 7.95. The van der Waals surface area contributed by atoms with E-state index >= 15 is 0 Å². The van der Waals surface area contributed by atoms with Gasteiger partial charge in [0.1, 0.15) is 0 Å². The van der Waals surface area contributed by atoms with Gasteiger partial charge < -0.3 is 9.80 Å². The summed E-state index contributed by atoms with van der Waals surface area (Å²) in [5.74, 6) is -0.0499. The van der Waals surface area contributed by atoms with Crippen LogP contribution < -0.4 is 9.80 Å². The Labute approximate surface area is 284 Å². The van der Waals surface area contributed by atoms with E-state index in [0.717, 1.165) is 17.1 Å². The molecule has 4 nitrogen and oxygen atoms in total. The van der Waals surface area contributed by atoms with Crippen LogP contribution >= 0.6 is 0 Å². The molecule has 5 aromatic carbocycles. The van der Waals surface area contributed by atoms with Crippen molar-refractivity contribution in [1.29, 1.82) is 0 Å². The molecule has 2 atom stereocenters. The van der Waals surface area contributed by atoms with Gasteiger partial charge in [0, 0.05) is 27.9 Å². The lowest BCUT2D eigenvalue weighted by molar-refractivity contribution is 0.567. The van der Waals surface area contributed by atoms with Crippen LogP contribution in [0.15, 0.2) is 149 Å². The number of nitrogens with zero attached hydrogens (tertiary/aromatic N) is 2. The molecule has 2 aliphatic heterocycles. The van der Waals surface area contributed by atoms with Gasteiger partial charge in [-0.05, 0) is 82.8 Å². The van der Waals surface area contributed by atoms with Gasteiger partial charge in [0.05, 0.1) is 27.2 Å². The van der Waals surface area contributed by atoms with E-state index in [-0.39, 0.29) is 22.8 Å². The van der Waals surface area contributed by atoms with E-state index in [4.69, 9.17) is 0 Å². The summed E-state index contributed by atoms with van der Waals surface area (Å²) < 4.78 is 28.2. The standard InChI is InChI=1S/C43H40N2O2S/c1-29-28-32(26-27-37(29)45-40-20-12-8-16-35(40)43(4,5)36-17-9-13-21-41(36)45)48(46,47)31-24-22-30(23-25-31)44-38-18-10-6-14-33(38)42(2,3)34-15-7-11-19-39(34)44/h6-29,37H,1-5H3. The molecule has 5 heteroatoms. The van der Waals surface area contributed by atoms with Crippen LogP contribution in [0.25, 0.3) is 0 Å². The second kappa shape index (κ2) is 10.8. The van der Waals surface area contributed by atoms with Crippen molar-refractivity contribution in [3.05, 3.63) is 167 Å². The third-order valence-corrected chi connectivity index (χ3v) is 12.5. The molecule has 0 saturated heterocycles. The molecular weight excluding hydrogens is 609 g/mol. The SMILES string of the molecule is CC1C=C(S(=O)(=O)c2ccc(N3c4ccccc4C(C)(C)c4ccccc43)cc2)C=CC1N1c2ccccc2C(C)(C)c2ccccc21. The molecule has 3 aliphatic rings. The molecule has 5 aromatic rings. The maximum absolute atomic E-state index is 14.1. The van der Waals surface area contributed by atoms with Gasteiger partial charge in [-0.1, -0.05) is 120 Å². The minimum atomic E-state index is -3.74. The largest absolute Gasteiger partial charge is 0.333 e. The Morgan fingerprint density at radius 2 is 0.979 bits per heavy atom. The van der Waals surface area contributed by atoms with E-state index in [1.54, 1.807) is 18.2 Å². The Morgan fingerprint density at radius 3 is 1.44 bits per heavy atom. The number of para-hydroxylation sites is 4. The highest BCUT2D eigenvalue weighted by Crippen LogP contribution is 2.53. The van der Waals surface area contributed by atoms with Crippen LogP contribution in [0.1, 0.15) is 56.9 Å². The van der Waals surface area contributed by atoms with Crippen LogP contribution in [0.2, 0.25) is 0 Å². The third-order valence-electron chi connectivity index (χ3n) is 10.7. The van der Waals surface area contributed by atoms with Gasteiger partial charge in [0.15, 0.2) is 0 Å². The zero-order valence-electron chi connectivity index (χ0n) is 28.1. The number of hydrogen-bond acceptors (Lipinski definition) is 4. The van der Waals surface area contributed by atoms with Crippen LogP contribution in [-0.2, 0) is 20.7 Å². The highest BCUT2D eigenvalue weighted by atomic mass is 32.2. The molecular formula is C43H40N2O2S. The Kier molecular flexibility index (Phi) is 6.87. The van der Waals surface area contributed by atoms with Crippen LogP contribution in [0.5, 0.6) is 0 Å². The summed E-state index contributed by atoms with van der Waals surface area (Å²) in [4.78, 5) is 5.27. The molecule has 0 saturated carbocycles. The van der Waals surface area contributed by atoms with E-state index in [1.165, 1.54) is 33.6 Å². The van der Waals surface area contributed by atoms with Crippen molar-refractivity contribution in [2.45, 2.75) is 56.4 Å². The molecule has 1 aliphatic carbocycles. The summed E-state index contributed by atoms with van der Waals surface area (Å²) in [6, 6.07) is 41.5. The molecule has 2 heterocycles. The minimum Gasteiger partial charge on any atom is -0.333 e. The molecule has 0 radical (unpaired) electrons. The van der Waals surface area contributed by atoms with Gasteiger partial charge in [-0.2, -0.15) is 0 Å². The Hall–Kier alpha value is -4.87. The number of hydrogen-bond donors (Lipinski definition) is 0. The Balaban J connectivity index is 1.12. The van der Waals surface area contributed by atoms with Crippen molar-refractivity contribution in [3.8, 4) is 0 Å². The molecule has 240 valence electrons. The van der Waals surface area contributed by atoms with Gasteiger partial charge in [-0.25, -0.2) is 8.42 Å². The van der Waals surface area contributed by atoms with E-state index in [1.807, 2.05) is 18.2 Å². The molecule has 0 spiro atoms. The molecule has 0 amide bonds. The molecule has 0 aromatic heterocycles. The lowest BCUT2D eigenvalue weighted by Gasteiger charge is -2.46. The monoisotopic (exact) mass is 648 g/mol. The first-order valence-corrected chi connectivity index (χ1v) is 18.2. The predicted molar refractivity (Wildman–Crippen MR) is 198 cm³/mol. The van der Waals surface area contributed by atoms with Gasteiger partial charge in [-0.3, -0.25) is 0 Å². The minimum absolute atomic E-state index is 0.0341. The number of allylic oxidation sites excluding steroid dienone is 1. The topological polar surface area (TPSA) is 40.6 Å². The molecule has 0 N–H and O–H groups in total. The quantitative estimate of drug-likeness (QED) is 0.194. The van der Waals surface area contributed by atoms with E-state index in [2.05, 4.69) is 148 Å². The summed E-state index contributed by atoms with van der Waals surface area (Å²) >= 11 is 0. The Morgan fingerprint density at radius 1 is 0.562 bits per heavy atom. The average molecular weight is 649 g/mol. The smallest absolute Gasteiger partial charge is 0.206 e. The fourth-order valence-corrected chi connectivity index (χ4v) is 9.58. The van der Waals surface area contributed by atoms with Gasteiger partial charge in [0.25, 0.3) is 0 Å². The van der Waals surface area contributed by atoms with Crippen molar-refractivity contribution < 1.29 is 8.42 Å². The van der Waals surface area contributed by atoms with E-state index in [9.17, 15) is 8.42 Å². The number of rotatable bonds is 4. The summed E-state index contributed by atoms with van der Waals surface area (Å²) in [5.41, 5.74) is 10.2. The van der Waals surface area contributed by atoms with E-state index < -0.39 is 9.84 Å². The lowest BCUT2D eigenvalue weighted by Crippen LogP contribution is -2.41. The van der Waals surface area contributed by atoms with Crippen LogP contribution in [-0.4, -0.2) is 14.5 Å². The molecule has 0 fully saturated rings. The van der Waals surface area contributed by atoms with Crippen LogP contribution in [0.4, 0.5) is 28.4 Å². The highest BCUT2D eigenvalue weighted by Gasteiger charge is 2.40. The fourth-order valence-electron chi connectivity index (χ4n) is 8.16. The maximum Gasteiger partial charge on any atom is 0.206 e. The predicted octanol–water partition coefficient (Wildman–Crippen LogP) is 10.5. The zero-order chi connectivity index (χ0) is 33.4. The second-order valence-electron chi connectivity index (χ2n) is 14.3. The first-order valence-electron chi connectivity index (χ1n) is 16.7.